The zero-order valence-electron chi connectivity index (χ0n) is 12.1. The molecule has 1 N–H and O–H groups in total. The Kier molecular flexibility index (Phi) is 4.06. The lowest BCUT2D eigenvalue weighted by molar-refractivity contribution is -0.116. The van der Waals surface area contributed by atoms with Gasteiger partial charge in [0.05, 0.1) is 11.9 Å². The van der Waals surface area contributed by atoms with Crippen molar-refractivity contribution in [1.29, 1.82) is 0 Å². The molecule has 112 valence electrons. The highest BCUT2D eigenvalue weighted by atomic mass is 35.5. The third kappa shape index (κ3) is 2.80. The molecule has 0 saturated heterocycles. The molecule has 1 aromatic carbocycles. The fraction of sp³-hybridized carbons (Fsp3) is 0.188. The van der Waals surface area contributed by atoms with Gasteiger partial charge in [0.15, 0.2) is 5.65 Å². The summed E-state index contributed by atoms with van der Waals surface area (Å²) in [6.07, 6.45) is 4.60. The summed E-state index contributed by atoms with van der Waals surface area (Å²) in [5.74, 6) is 0.0154. The van der Waals surface area contributed by atoms with Gasteiger partial charge >= 0.3 is 0 Å². The van der Waals surface area contributed by atoms with Crippen molar-refractivity contribution in [1.82, 2.24) is 14.6 Å². The maximum absolute atomic E-state index is 11.7. The number of anilines is 1. The molecule has 6 heteroatoms. The molecule has 3 aromatic rings. The molecule has 5 nitrogen and oxygen atoms in total. The van der Waals surface area contributed by atoms with Crippen molar-refractivity contribution in [2.45, 2.75) is 19.8 Å². The molecule has 2 heterocycles. The van der Waals surface area contributed by atoms with Crippen LogP contribution in [0.15, 0.2) is 42.7 Å². The van der Waals surface area contributed by atoms with Gasteiger partial charge in [-0.2, -0.15) is 5.10 Å². The van der Waals surface area contributed by atoms with Crippen molar-refractivity contribution in [3.05, 3.63) is 47.7 Å². The van der Waals surface area contributed by atoms with Crippen LogP contribution in [0.4, 0.5) is 5.69 Å². The Morgan fingerprint density at radius 3 is 3.05 bits per heavy atom. The summed E-state index contributed by atoms with van der Waals surface area (Å²) in [6.45, 7) is 1.98. The van der Waals surface area contributed by atoms with Crippen LogP contribution in [0.25, 0.3) is 16.9 Å². The van der Waals surface area contributed by atoms with E-state index in [0.717, 1.165) is 23.4 Å². The predicted molar refractivity (Wildman–Crippen MR) is 87.0 cm³/mol. The van der Waals surface area contributed by atoms with Crippen LogP contribution in [0.2, 0.25) is 5.02 Å². The molecular formula is C16H15ClN4O. The van der Waals surface area contributed by atoms with E-state index in [1.807, 2.05) is 37.3 Å². The first-order valence-corrected chi connectivity index (χ1v) is 7.45. The molecule has 0 bridgehead atoms. The van der Waals surface area contributed by atoms with Crippen LogP contribution in [0.3, 0.4) is 0 Å². The minimum Gasteiger partial charge on any atom is -0.326 e. The lowest BCUT2D eigenvalue weighted by atomic mass is 10.1. The Morgan fingerprint density at radius 2 is 2.23 bits per heavy atom. The molecule has 0 saturated carbocycles. The summed E-state index contributed by atoms with van der Waals surface area (Å²) in [5, 5.41) is 7.65. The zero-order chi connectivity index (χ0) is 15.5. The van der Waals surface area contributed by atoms with Gasteiger partial charge in [-0.1, -0.05) is 30.7 Å². The Bertz CT molecular complexity index is 828. The molecule has 0 aliphatic carbocycles. The summed E-state index contributed by atoms with van der Waals surface area (Å²) in [6, 6.07) is 9.50. The molecule has 0 aliphatic rings. The van der Waals surface area contributed by atoms with Gasteiger partial charge in [0.2, 0.25) is 5.91 Å². The SMILES string of the molecule is CCCC(=O)Nc1cccc(-c2ccnc3c(Cl)cnn23)c1. The number of nitrogens with one attached hydrogen (secondary N) is 1. The highest BCUT2D eigenvalue weighted by Crippen LogP contribution is 2.25. The summed E-state index contributed by atoms with van der Waals surface area (Å²) < 4.78 is 1.69. The number of hydrogen-bond donors (Lipinski definition) is 1. The number of benzene rings is 1. The minimum atomic E-state index is 0.0154. The third-order valence-electron chi connectivity index (χ3n) is 3.28. The number of carbonyl (C=O) groups is 1. The highest BCUT2D eigenvalue weighted by molar-refractivity contribution is 6.33. The Balaban J connectivity index is 1.99. The normalized spacial score (nSPS) is 10.8. The molecule has 0 atom stereocenters. The van der Waals surface area contributed by atoms with E-state index in [2.05, 4.69) is 15.4 Å². The number of halogens is 1. The second kappa shape index (κ2) is 6.15. The largest absolute Gasteiger partial charge is 0.326 e. The Hall–Kier alpha value is -2.40. The minimum absolute atomic E-state index is 0.0154. The fourth-order valence-corrected chi connectivity index (χ4v) is 2.46. The molecule has 0 fully saturated rings. The van der Waals surface area contributed by atoms with E-state index < -0.39 is 0 Å². The van der Waals surface area contributed by atoms with Crippen LogP contribution in [-0.4, -0.2) is 20.5 Å². The van der Waals surface area contributed by atoms with Crippen molar-refractivity contribution in [2.75, 3.05) is 5.32 Å². The van der Waals surface area contributed by atoms with Crippen molar-refractivity contribution >= 4 is 28.8 Å². The second-order valence-corrected chi connectivity index (χ2v) is 5.34. The smallest absolute Gasteiger partial charge is 0.224 e. The average molecular weight is 315 g/mol. The monoisotopic (exact) mass is 314 g/mol. The van der Waals surface area contributed by atoms with Crippen molar-refractivity contribution in [3.8, 4) is 11.3 Å². The standard InChI is InChI=1S/C16H15ClN4O/c1-2-4-15(22)20-12-6-3-5-11(9-12)14-7-8-18-16-13(17)10-19-21(14)16/h3,5-10H,2,4H2,1H3,(H,20,22). The number of aromatic nitrogens is 3. The second-order valence-electron chi connectivity index (χ2n) is 4.94. The van der Waals surface area contributed by atoms with Gasteiger partial charge in [0.25, 0.3) is 0 Å². The molecule has 0 radical (unpaired) electrons. The topological polar surface area (TPSA) is 59.3 Å². The number of amides is 1. The molecule has 0 unspecified atom stereocenters. The van der Waals surface area contributed by atoms with Gasteiger partial charge in [-0.25, -0.2) is 9.50 Å². The zero-order valence-corrected chi connectivity index (χ0v) is 12.8. The van der Waals surface area contributed by atoms with Crippen LogP contribution >= 0.6 is 11.6 Å². The number of carbonyl (C=O) groups excluding carboxylic acids is 1. The van der Waals surface area contributed by atoms with Gasteiger partial charge in [-0.05, 0) is 24.6 Å². The first kappa shape index (κ1) is 14.5. The number of fused-ring (bicyclic) bond motifs is 1. The van der Waals surface area contributed by atoms with E-state index in [1.165, 1.54) is 0 Å². The molecule has 1 amide bonds. The van der Waals surface area contributed by atoms with E-state index in [1.54, 1.807) is 16.9 Å². The predicted octanol–water partition coefficient (Wildman–Crippen LogP) is 3.79. The maximum atomic E-state index is 11.7. The van der Waals surface area contributed by atoms with Gasteiger partial charge < -0.3 is 5.32 Å². The number of hydrogen-bond acceptors (Lipinski definition) is 3. The van der Waals surface area contributed by atoms with E-state index in [-0.39, 0.29) is 5.91 Å². The van der Waals surface area contributed by atoms with Crippen LogP contribution in [0.5, 0.6) is 0 Å². The first-order valence-electron chi connectivity index (χ1n) is 7.07. The van der Waals surface area contributed by atoms with Crippen LogP contribution in [-0.2, 0) is 4.79 Å². The van der Waals surface area contributed by atoms with Crippen molar-refractivity contribution in [2.24, 2.45) is 0 Å². The van der Waals surface area contributed by atoms with E-state index in [4.69, 9.17) is 11.6 Å². The van der Waals surface area contributed by atoms with Gasteiger partial charge in [0, 0.05) is 23.9 Å². The van der Waals surface area contributed by atoms with Gasteiger partial charge in [-0.15, -0.1) is 0 Å². The Morgan fingerprint density at radius 1 is 1.36 bits per heavy atom. The molecule has 3 rings (SSSR count). The number of rotatable bonds is 4. The highest BCUT2D eigenvalue weighted by Gasteiger charge is 2.09. The van der Waals surface area contributed by atoms with E-state index in [9.17, 15) is 4.79 Å². The summed E-state index contributed by atoms with van der Waals surface area (Å²) in [7, 11) is 0. The lowest BCUT2D eigenvalue weighted by Gasteiger charge is -2.08. The average Bonchev–Trinajstić information content (AvgIpc) is 2.89. The van der Waals surface area contributed by atoms with Crippen LogP contribution in [0.1, 0.15) is 19.8 Å². The summed E-state index contributed by atoms with van der Waals surface area (Å²) >= 11 is 6.06. The lowest BCUT2D eigenvalue weighted by Crippen LogP contribution is -2.10. The van der Waals surface area contributed by atoms with Crippen LogP contribution in [0, 0.1) is 0 Å². The van der Waals surface area contributed by atoms with Crippen LogP contribution < -0.4 is 5.32 Å². The first-order chi connectivity index (χ1) is 10.7. The molecule has 2 aromatic heterocycles. The summed E-state index contributed by atoms with van der Waals surface area (Å²) in [4.78, 5) is 15.9. The fourth-order valence-electron chi connectivity index (χ4n) is 2.29. The summed E-state index contributed by atoms with van der Waals surface area (Å²) in [5.41, 5.74) is 3.17. The third-order valence-corrected chi connectivity index (χ3v) is 3.54. The number of nitrogens with zero attached hydrogens (tertiary/aromatic N) is 3. The van der Waals surface area contributed by atoms with Gasteiger partial charge in [-0.3, -0.25) is 4.79 Å². The quantitative estimate of drug-likeness (QED) is 0.797. The van der Waals surface area contributed by atoms with Crippen molar-refractivity contribution in [3.63, 3.8) is 0 Å². The van der Waals surface area contributed by atoms with E-state index in [0.29, 0.717) is 17.1 Å². The molecule has 0 spiro atoms. The molecule has 0 aliphatic heterocycles. The molecular weight excluding hydrogens is 300 g/mol. The van der Waals surface area contributed by atoms with E-state index >= 15 is 0 Å². The van der Waals surface area contributed by atoms with Gasteiger partial charge in [0.1, 0.15) is 5.02 Å². The maximum Gasteiger partial charge on any atom is 0.224 e. The molecule has 22 heavy (non-hydrogen) atoms. The van der Waals surface area contributed by atoms with Crippen molar-refractivity contribution < 1.29 is 4.79 Å². The Labute approximate surface area is 132 Å².